The largest absolute Gasteiger partial charge is 0.335 e. The molecular weight excluding hydrogens is 202 g/mol. The molecule has 0 aliphatic heterocycles. The van der Waals surface area contributed by atoms with Gasteiger partial charge in [0.15, 0.2) is 0 Å². The van der Waals surface area contributed by atoms with E-state index < -0.39 is 0 Å². The Labute approximate surface area is 98.3 Å². The molecule has 0 spiro atoms. The number of carbonyl (C=O) groups is 1. The maximum absolute atomic E-state index is 11.7. The monoisotopic (exact) mass is 227 g/mol. The highest BCUT2D eigenvalue weighted by Crippen LogP contribution is 2.17. The summed E-state index contributed by atoms with van der Waals surface area (Å²) >= 11 is 0. The molecule has 0 radical (unpaired) electrons. The molecule has 1 aliphatic carbocycles. The summed E-state index contributed by atoms with van der Waals surface area (Å²) in [6.45, 7) is 4.59. The molecule has 4 nitrogen and oxygen atoms in total. The van der Waals surface area contributed by atoms with E-state index in [1.165, 1.54) is 19.3 Å². The first-order valence-electron chi connectivity index (χ1n) is 6.32. The molecule has 0 saturated heterocycles. The molecule has 2 amide bonds. The molecule has 4 heteroatoms. The van der Waals surface area contributed by atoms with E-state index in [1.807, 2.05) is 13.8 Å². The standard InChI is InChI=1S/C12H25N3O/c1-12(2,8-9-13)15-11(16)14-10-6-4-3-5-7-10/h10H,3-9,13H2,1-2H3,(H2,14,15,16). The zero-order valence-electron chi connectivity index (χ0n) is 10.5. The van der Waals surface area contributed by atoms with Crippen LogP contribution in [0.2, 0.25) is 0 Å². The van der Waals surface area contributed by atoms with Crippen LogP contribution in [0.5, 0.6) is 0 Å². The molecule has 16 heavy (non-hydrogen) atoms. The van der Waals surface area contributed by atoms with Crippen LogP contribution in [0, 0.1) is 0 Å². The van der Waals surface area contributed by atoms with Crippen molar-refractivity contribution < 1.29 is 4.79 Å². The Balaban J connectivity index is 2.28. The Kier molecular flexibility index (Phi) is 5.06. The van der Waals surface area contributed by atoms with Crippen molar-refractivity contribution in [1.29, 1.82) is 0 Å². The van der Waals surface area contributed by atoms with E-state index in [4.69, 9.17) is 5.73 Å². The fourth-order valence-electron chi connectivity index (χ4n) is 2.20. The first-order chi connectivity index (χ1) is 7.53. The van der Waals surface area contributed by atoms with Crippen molar-refractivity contribution in [3.05, 3.63) is 0 Å². The van der Waals surface area contributed by atoms with Gasteiger partial charge in [0.25, 0.3) is 0 Å². The Morgan fingerprint density at radius 2 is 1.94 bits per heavy atom. The molecule has 0 aromatic rings. The molecule has 1 fully saturated rings. The maximum atomic E-state index is 11.7. The van der Waals surface area contributed by atoms with Crippen LogP contribution in [-0.2, 0) is 0 Å². The van der Waals surface area contributed by atoms with Crippen LogP contribution < -0.4 is 16.4 Å². The SMILES string of the molecule is CC(C)(CCN)NC(=O)NC1CCCCC1. The molecule has 0 atom stereocenters. The molecular formula is C12H25N3O. The van der Waals surface area contributed by atoms with Gasteiger partial charge in [0, 0.05) is 11.6 Å². The Morgan fingerprint density at radius 1 is 1.31 bits per heavy atom. The second kappa shape index (κ2) is 6.09. The van der Waals surface area contributed by atoms with Crippen molar-refractivity contribution in [2.24, 2.45) is 5.73 Å². The molecule has 0 heterocycles. The molecule has 4 N–H and O–H groups in total. The number of nitrogens with two attached hydrogens (primary N) is 1. The van der Waals surface area contributed by atoms with Crippen molar-refractivity contribution in [1.82, 2.24) is 10.6 Å². The number of rotatable bonds is 4. The van der Waals surface area contributed by atoms with E-state index in [9.17, 15) is 4.79 Å². The lowest BCUT2D eigenvalue weighted by atomic mass is 9.95. The van der Waals surface area contributed by atoms with E-state index in [2.05, 4.69) is 10.6 Å². The molecule has 1 saturated carbocycles. The lowest BCUT2D eigenvalue weighted by molar-refractivity contribution is 0.220. The molecule has 1 aliphatic rings. The minimum absolute atomic E-state index is 0.0506. The Hall–Kier alpha value is -0.770. The number of amides is 2. The van der Waals surface area contributed by atoms with Crippen LogP contribution in [0.25, 0.3) is 0 Å². The smallest absolute Gasteiger partial charge is 0.315 e. The fraction of sp³-hybridized carbons (Fsp3) is 0.917. The van der Waals surface area contributed by atoms with Crippen molar-refractivity contribution in [2.75, 3.05) is 6.54 Å². The van der Waals surface area contributed by atoms with E-state index >= 15 is 0 Å². The molecule has 0 aromatic carbocycles. The molecule has 1 rings (SSSR count). The van der Waals surface area contributed by atoms with Gasteiger partial charge < -0.3 is 16.4 Å². The van der Waals surface area contributed by atoms with Crippen LogP contribution in [0.4, 0.5) is 4.79 Å². The third-order valence-electron chi connectivity index (χ3n) is 3.16. The number of urea groups is 1. The first kappa shape index (κ1) is 13.3. The van der Waals surface area contributed by atoms with Crippen molar-refractivity contribution >= 4 is 6.03 Å². The topological polar surface area (TPSA) is 67.1 Å². The first-order valence-corrected chi connectivity index (χ1v) is 6.32. The summed E-state index contributed by atoms with van der Waals surface area (Å²) in [7, 11) is 0. The summed E-state index contributed by atoms with van der Waals surface area (Å²) in [5.41, 5.74) is 5.29. The van der Waals surface area contributed by atoms with Gasteiger partial charge in [-0.2, -0.15) is 0 Å². The summed E-state index contributed by atoms with van der Waals surface area (Å²) < 4.78 is 0. The third-order valence-corrected chi connectivity index (χ3v) is 3.16. The number of nitrogens with one attached hydrogen (secondary N) is 2. The third kappa shape index (κ3) is 4.84. The van der Waals surface area contributed by atoms with Gasteiger partial charge in [-0.15, -0.1) is 0 Å². The maximum Gasteiger partial charge on any atom is 0.315 e. The van der Waals surface area contributed by atoms with Gasteiger partial charge in [0.2, 0.25) is 0 Å². The van der Waals surface area contributed by atoms with Crippen molar-refractivity contribution in [2.45, 2.75) is 64.0 Å². The van der Waals surface area contributed by atoms with Crippen LogP contribution in [-0.4, -0.2) is 24.2 Å². The summed E-state index contributed by atoms with van der Waals surface area (Å²) in [6.07, 6.45) is 6.80. The Morgan fingerprint density at radius 3 is 2.50 bits per heavy atom. The Bertz CT molecular complexity index is 222. The van der Waals surface area contributed by atoms with Gasteiger partial charge >= 0.3 is 6.03 Å². The van der Waals surface area contributed by atoms with Crippen LogP contribution in [0.15, 0.2) is 0 Å². The number of carbonyl (C=O) groups excluding carboxylic acids is 1. The van der Waals surface area contributed by atoms with E-state index in [1.54, 1.807) is 0 Å². The molecule has 94 valence electrons. The second-order valence-corrected chi connectivity index (χ2v) is 5.36. The van der Waals surface area contributed by atoms with Gasteiger partial charge in [-0.3, -0.25) is 0 Å². The molecule has 0 unspecified atom stereocenters. The van der Waals surface area contributed by atoms with Gasteiger partial charge in [-0.25, -0.2) is 4.79 Å². The molecule has 0 bridgehead atoms. The fourth-order valence-corrected chi connectivity index (χ4v) is 2.20. The zero-order valence-corrected chi connectivity index (χ0v) is 10.5. The van der Waals surface area contributed by atoms with Crippen LogP contribution in [0.3, 0.4) is 0 Å². The van der Waals surface area contributed by atoms with Gasteiger partial charge in [0.05, 0.1) is 0 Å². The summed E-state index contributed by atoms with van der Waals surface area (Å²) in [5.74, 6) is 0. The summed E-state index contributed by atoms with van der Waals surface area (Å²) in [5, 5.41) is 6.02. The van der Waals surface area contributed by atoms with E-state index in [0.717, 1.165) is 19.3 Å². The average molecular weight is 227 g/mol. The van der Waals surface area contributed by atoms with Crippen molar-refractivity contribution in [3.8, 4) is 0 Å². The van der Waals surface area contributed by atoms with Crippen LogP contribution >= 0.6 is 0 Å². The highest BCUT2D eigenvalue weighted by Gasteiger charge is 2.21. The number of hydrogen-bond acceptors (Lipinski definition) is 2. The highest BCUT2D eigenvalue weighted by molar-refractivity contribution is 5.75. The summed E-state index contributed by atoms with van der Waals surface area (Å²) in [4.78, 5) is 11.7. The minimum Gasteiger partial charge on any atom is -0.335 e. The van der Waals surface area contributed by atoms with Crippen molar-refractivity contribution in [3.63, 3.8) is 0 Å². The quantitative estimate of drug-likeness (QED) is 0.685. The van der Waals surface area contributed by atoms with Gasteiger partial charge in [-0.1, -0.05) is 19.3 Å². The predicted octanol–water partition coefficient (Wildman–Crippen LogP) is 1.75. The normalized spacial score (nSPS) is 18.2. The highest BCUT2D eigenvalue weighted by atomic mass is 16.2. The van der Waals surface area contributed by atoms with Crippen LogP contribution in [0.1, 0.15) is 52.4 Å². The van der Waals surface area contributed by atoms with E-state index in [-0.39, 0.29) is 11.6 Å². The number of hydrogen-bond donors (Lipinski definition) is 3. The second-order valence-electron chi connectivity index (χ2n) is 5.36. The van der Waals surface area contributed by atoms with E-state index in [0.29, 0.717) is 12.6 Å². The van der Waals surface area contributed by atoms with Gasteiger partial charge in [-0.05, 0) is 39.7 Å². The average Bonchev–Trinajstić information content (AvgIpc) is 2.17. The molecule has 0 aromatic heterocycles. The predicted molar refractivity (Wildman–Crippen MR) is 66.3 cm³/mol. The minimum atomic E-state index is -0.215. The zero-order chi connectivity index (χ0) is 12.0. The van der Waals surface area contributed by atoms with Gasteiger partial charge in [0.1, 0.15) is 0 Å². The lowest BCUT2D eigenvalue weighted by Crippen LogP contribution is -2.51. The summed E-state index contributed by atoms with van der Waals surface area (Å²) in [6, 6.07) is 0.313. The lowest BCUT2D eigenvalue weighted by Gasteiger charge is -2.29.